The summed E-state index contributed by atoms with van der Waals surface area (Å²) in [6.07, 6.45) is 2.34. The minimum Gasteiger partial charge on any atom is -0.396 e. The fraction of sp³-hybridized carbons (Fsp3) is 0.636. The van der Waals surface area contributed by atoms with E-state index in [4.69, 9.17) is 16.7 Å². The molecule has 1 aromatic heterocycles. The molecule has 0 radical (unpaired) electrons. The highest BCUT2D eigenvalue weighted by Gasteiger charge is 2.17. The molecule has 1 N–H and O–H groups in total. The summed E-state index contributed by atoms with van der Waals surface area (Å²) in [5.41, 5.74) is 0. The molecular formula is C11H17ClN4O. The zero-order valence-electron chi connectivity index (χ0n) is 9.72. The number of nitrogens with zero attached hydrogens (tertiary/aromatic N) is 4. The summed E-state index contributed by atoms with van der Waals surface area (Å²) >= 11 is 5.85. The summed E-state index contributed by atoms with van der Waals surface area (Å²) in [6, 6.07) is 1.80. The highest BCUT2D eigenvalue weighted by Crippen LogP contribution is 2.16. The van der Waals surface area contributed by atoms with Crippen LogP contribution in [-0.2, 0) is 0 Å². The average Bonchev–Trinajstić information content (AvgIpc) is 2.37. The van der Waals surface area contributed by atoms with Gasteiger partial charge in [0.05, 0.1) is 0 Å². The molecule has 1 saturated heterocycles. The van der Waals surface area contributed by atoms with E-state index in [0.29, 0.717) is 5.15 Å². The Morgan fingerprint density at radius 2 is 2.00 bits per heavy atom. The summed E-state index contributed by atoms with van der Waals surface area (Å²) < 4.78 is 0. The van der Waals surface area contributed by atoms with E-state index in [9.17, 15) is 0 Å². The van der Waals surface area contributed by atoms with Crippen LogP contribution < -0.4 is 4.90 Å². The monoisotopic (exact) mass is 256 g/mol. The van der Waals surface area contributed by atoms with E-state index in [0.717, 1.165) is 45.0 Å². The molecule has 6 heteroatoms. The van der Waals surface area contributed by atoms with Crippen molar-refractivity contribution in [3.05, 3.63) is 17.5 Å². The Morgan fingerprint density at radius 3 is 2.65 bits per heavy atom. The number of halogens is 1. The van der Waals surface area contributed by atoms with Crippen LogP contribution in [0.1, 0.15) is 6.42 Å². The first-order valence-corrected chi connectivity index (χ1v) is 6.23. The van der Waals surface area contributed by atoms with Gasteiger partial charge in [0.15, 0.2) is 0 Å². The molecule has 1 aliphatic rings. The van der Waals surface area contributed by atoms with Gasteiger partial charge in [-0.2, -0.15) is 0 Å². The number of hydrogen-bond acceptors (Lipinski definition) is 5. The van der Waals surface area contributed by atoms with Crippen molar-refractivity contribution in [3.63, 3.8) is 0 Å². The maximum Gasteiger partial charge on any atom is 0.134 e. The zero-order valence-corrected chi connectivity index (χ0v) is 10.5. The summed E-state index contributed by atoms with van der Waals surface area (Å²) in [4.78, 5) is 12.7. The maximum atomic E-state index is 8.79. The molecule has 0 bridgehead atoms. The topological polar surface area (TPSA) is 52.5 Å². The molecule has 0 amide bonds. The smallest absolute Gasteiger partial charge is 0.134 e. The molecule has 2 rings (SSSR count). The highest BCUT2D eigenvalue weighted by atomic mass is 35.5. The van der Waals surface area contributed by atoms with Crippen LogP contribution in [0.15, 0.2) is 12.4 Å². The Kier molecular flexibility index (Phi) is 4.53. The van der Waals surface area contributed by atoms with Gasteiger partial charge in [0.1, 0.15) is 17.3 Å². The van der Waals surface area contributed by atoms with Gasteiger partial charge in [-0.05, 0) is 6.42 Å². The van der Waals surface area contributed by atoms with Gasteiger partial charge in [0.25, 0.3) is 0 Å². The second-order valence-electron chi connectivity index (χ2n) is 4.10. The van der Waals surface area contributed by atoms with Gasteiger partial charge in [-0.15, -0.1) is 0 Å². The van der Waals surface area contributed by atoms with Crippen molar-refractivity contribution in [2.75, 3.05) is 44.2 Å². The molecular weight excluding hydrogens is 240 g/mol. The quantitative estimate of drug-likeness (QED) is 0.801. The molecule has 0 aliphatic carbocycles. The number of piperazine rings is 1. The van der Waals surface area contributed by atoms with E-state index in [1.54, 1.807) is 6.07 Å². The lowest BCUT2D eigenvalue weighted by molar-refractivity contribution is 0.215. The SMILES string of the molecule is OCCCN1CCN(c2cc(Cl)ncn2)CC1. The van der Waals surface area contributed by atoms with E-state index in [1.807, 2.05) is 0 Å². The van der Waals surface area contributed by atoms with Crippen LogP contribution in [0.25, 0.3) is 0 Å². The van der Waals surface area contributed by atoms with Crippen molar-refractivity contribution in [3.8, 4) is 0 Å². The molecule has 0 spiro atoms. The van der Waals surface area contributed by atoms with Crippen molar-refractivity contribution >= 4 is 17.4 Å². The number of rotatable bonds is 4. The summed E-state index contributed by atoms with van der Waals surface area (Å²) in [6.45, 7) is 5.12. The Balaban J connectivity index is 1.86. The molecule has 0 saturated carbocycles. The lowest BCUT2D eigenvalue weighted by Gasteiger charge is -2.35. The standard InChI is InChI=1S/C11H17ClN4O/c12-10-8-11(14-9-13-10)16-5-3-15(4-6-16)2-1-7-17/h8-9,17H,1-7H2. The predicted octanol–water partition coefficient (Wildman–Crippen LogP) is 0.634. The van der Waals surface area contributed by atoms with E-state index >= 15 is 0 Å². The third-order valence-electron chi connectivity index (χ3n) is 2.95. The van der Waals surface area contributed by atoms with Crippen LogP contribution in [0, 0.1) is 0 Å². The van der Waals surface area contributed by atoms with E-state index < -0.39 is 0 Å². The van der Waals surface area contributed by atoms with Crippen LogP contribution in [0.2, 0.25) is 5.15 Å². The van der Waals surface area contributed by atoms with Crippen molar-refractivity contribution in [1.29, 1.82) is 0 Å². The van der Waals surface area contributed by atoms with Crippen molar-refractivity contribution < 1.29 is 5.11 Å². The number of anilines is 1. The first-order valence-electron chi connectivity index (χ1n) is 5.85. The van der Waals surface area contributed by atoms with Gasteiger partial charge >= 0.3 is 0 Å². The summed E-state index contributed by atoms with van der Waals surface area (Å²) in [7, 11) is 0. The van der Waals surface area contributed by atoms with Gasteiger partial charge in [-0.1, -0.05) is 11.6 Å². The van der Waals surface area contributed by atoms with Crippen LogP contribution in [0.4, 0.5) is 5.82 Å². The van der Waals surface area contributed by atoms with Gasteiger partial charge in [-0.3, -0.25) is 4.90 Å². The number of aliphatic hydroxyl groups is 1. The lowest BCUT2D eigenvalue weighted by Crippen LogP contribution is -2.47. The summed E-state index contributed by atoms with van der Waals surface area (Å²) in [5, 5.41) is 9.27. The molecule has 1 fully saturated rings. The van der Waals surface area contributed by atoms with Crippen LogP contribution in [-0.4, -0.2) is 59.3 Å². The molecule has 0 atom stereocenters. The molecule has 5 nitrogen and oxygen atoms in total. The van der Waals surface area contributed by atoms with Crippen molar-refractivity contribution in [2.24, 2.45) is 0 Å². The van der Waals surface area contributed by atoms with Gasteiger partial charge in [0.2, 0.25) is 0 Å². The lowest BCUT2D eigenvalue weighted by atomic mass is 10.3. The third kappa shape index (κ3) is 3.52. The Morgan fingerprint density at radius 1 is 1.24 bits per heavy atom. The number of aliphatic hydroxyl groups excluding tert-OH is 1. The first kappa shape index (κ1) is 12.5. The third-order valence-corrected chi connectivity index (χ3v) is 3.15. The largest absolute Gasteiger partial charge is 0.396 e. The van der Waals surface area contributed by atoms with Crippen molar-refractivity contribution in [1.82, 2.24) is 14.9 Å². The molecule has 2 heterocycles. The molecule has 94 valence electrons. The Labute approximate surface area is 106 Å². The number of hydrogen-bond donors (Lipinski definition) is 1. The van der Waals surface area contributed by atoms with Gasteiger partial charge in [-0.25, -0.2) is 9.97 Å². The van der Waals surface area contributed by atoms with Crippen molar-refractivity contribution in [2.45, 2.75) is 6.42 Å². The molecule has 0 unspecified atom stereocenters. The normalized spacial score (nSPS) is 17.4. The second-order valence-corrected chi connectivity index (χ2v) is 4.49. The van der Waals surface area contributed by atoms with Gasteiger partial charge in [0, 0.05) is 45.4 Å². The van der Waals surface area contributed by atoms with Gasteiger partial charge < -0.3 is 10.0 Å². The molecule has 17 heavy (non-hydrogen) atoms. The van der Waals surface area contributed by atoms with Crippen LogP contribution in [0.5, 0.6) is 0 Å². The van der Waals surface area contributed by atoms with E-state index in [2.05, 4.69) is 19.8 Å². The fourth-order valence-corrected chi connectivity index (χ4v) is 2.13. The van der Waals surface area contributed by atoms with E-state index in [-0.39, 0.29) is 6.61 Å². The van der Waals surface area contributed by atoms with Crippen LogP contribution in [0.3, 0.4) is 0 Å². The maximum absolute atomic E-state index is 8.79. The minimum absolute atomic E-state index is 0.266. The molecule has 0 aromatic carbocycles. The minimum atomic E-state index is 0.266. The predicted molar refractivity (Wildman–Crippen MR) is 67.4 cm³/mol. The summed E-state index contributed by atoms with van der Waals surface area (Å²) in [5.74, 6) is 0.895. The molecule has 1 aliphatic heterocycles. The first-order chi connectivity index (χ1) is 8.29. The van der Waals surface area contributed by atoms with Crippen LogP contribution >= 0.6 is 11.6 Å². The second kappa shape index (κ2) is 6.14. The average molecular weight is 257 g/mol. The molecule has 1 aromatic rings. The van der Waals surface area contributed by atoms with E-state index in [1.165, 1.54) is 6.33 Å². The fourth-order valence-electron chi connectivity index (χ4n) is 1.99. The Bertz CT molecular complexity index is 355. The Hall–Kier alpha value is -0.910. The number of aromatic nitrogens is 2. The zero-order chi connectivity index (χ0) is 12.1. The highest BCUT2D eigenvalue weighted by molar-refractivity contribution is 6.29.